The molecule has 0 aliphatic rings. The van der Waals surface area contributed by atoms with Gasteiger partial charge in [-0.05, 0) is 26.0 Å². The van der Waals surface area contributed by atoms with Crippen LogP contribution in [0.5, 0.6) is 34.5 Å². The second-order valence-electron chi connectivity index (χ2n) is 6.18. The number of ketones is 1. The van der Waals surface area contributed by atoms with Gasteiger partial charge in [-0.2, -0.15) is 0 Å². The van der Waals surface area contributed by atoms with Crippen molar-refractivity contribution in [3.8, 4) is 34.5 Å². The molecule has 0 amide bonds. The third kappa shape index (κ3) is 4.08. The smallest absolute Gasteiger partial charge is 0.193 e. The van der Waals surface area contributed by atoms with Crippen LogP contribution in [0.25, 0.3) is 6.08 Å². The molecule has 0 atom stereocenters. The summed E-state index contributed by atoms with van der Waals surface area (Å²) in [4.78, 5) is 13.0. The Kier molecular flexibility index (Phi) is 6.98. The van der Waals surface area contributed by atoms with E-state index in [2.05, 4.69) is 0 Å². The zero-order valence-electron chi connectivity index (χ0n) is 17.7. The number of ether oxygens (including phenoxy) is 5. The van der Waals surface area contributed by atoms with Crippen LogP contribution >= 0.6 is 0 Å². The van der Waals surface area contributed by atoms with E-state index in [1.54, 1.807) is 32.1 Å². The molecule has 1 N–H and O–H groups in total. The molecule has 0 heterocycles. The fraction of sp³-hybridized carbons (Fsp3) is 0.318. The summed E-state index contributed by atoms with van der Waals surface area (Å²) in [6.45, 7) is 3.44. The van der Waals surface area contributed by atoms with Gasteiger partial charge >= 0.3 is 0 Å². The Morgan fingerprint density at radius 3 is 1.83 bits per heavy atom. The van der Waals surface area contributed by atoms with Crippen LogP contribution in [0.4, 0.5) is 0 Å². The van der Waals surface area contributed by atoms with E-state index < -0.39 is 5.78 Å². The number of benzene rings is 2. The molecule has 29 heavy (non-hydrogen) atoms. The Morgan fingerprint density at radius 2 is 1.38 bits per heavy atom. The molecule has 0 fully saturated rings. The Bertz CT molecular complexity index is 920. The summed E-state index contributed by atoms with van der Waals surface area (Å²) in [5.41, 5.74) is 1.71. The monoisotopic (exact) mass is 402 g/mol. The lowest BCUT2D eigenvalue weighted by molar-refractivity contribution is 0.104. The predicted molar refractivity (Wildman–Crippen MR) is 110 cm³/mol. The van der Waals surface area contributed by atoms with Gasteiger partial charge in [0.1, 0.15) is 40.1 Å². The lowest BCUT2D eigenvalue weighted by Crippen LogP contribution is -2.05. The first-order valence-corrected chi connectivity index (χ1v) is 8.80. The minimum atomic E-state index is -0.437. The van der Waals surface area contributed by atoms with Crippen molar-refractivity contribution in [1.82, 2.24) is 0 Å². The Morgan fingerprint density at radius 1 is 0.828 bits per heavy atom. The molecule has 156 valence electrons. The zero-order chi connectivity index (χ0) is 21.7. The number of methoxy groups -OCH3 is 5. The number of carbonyl (C=O) groups excluding carboxylic acids is 1. The summed E-state index contributed by atoms with van der Waals surface area (Å²) >= 11 is 0. The van der Waals surface area contributed by atoms with Crippen molar-refractivity contribution in [3.63, 3.8) is 0 Å². The van der Waals surface area contributed by atoms with Gasteiger partial charge in [0.05, 0.1) is 41.1 Å². The van der Waals surface area contributed by atoms with Gasteiger partial charge in [0, 0.05) is 23.3 Å². The van der Waals surface area contributed by atoms with Crippen LogP contribution in [-0.2, 0) is 0 Å². The maximum atomic E-state index is 13.0. The van der Waals surface area contributed by atoms with Crippen molar-refractivity contribution < 1.29 is 33.6 Å². The predicted octanol–water partition coefficient (Wildman–Crippen LogP) is 3.95. The standard InChI is InChI=1S/C22H26O7/c1-12-20(24)19(22(29-7)13(2)21(12)28-6)16(23)9-8-15-17(26-4)10-14(25-3)11-18(15)27-5/h8-11,24H,1-7H3/b9-8+. The van der Waals surface area contributed by atoms with E-state index >= 15 is 0 Å². The minimum Gasteiger partial charge on any atom is -0.507 e. The van der Waals surface area contributed by atoms with Gasteiger partial charge in [0.25, 0.3) is 0 Å². The highest BCUT2D eigenvalue weighted by atomic mass is 16.5. The van der Waals surface area contributed by atoms with Gasteiger partial charge in [-0.3, -0.25) is 4.79 Å². The second-order valence-corrected chi connectivity index (χ2v) is 6.18. The molecule has 0 aliphatic carbocycles. The highest BCUT2D eigenvalue weighted by Crippen LogP contribution is 2.42. The molecule has 0 saturated heterocycles. The highest BCUT2D eigenvalue weighted by Gasteiger charge is 2.24. The Hall–Kier alpha value is -3.35. The number of rotatable bonds is 8. The van der Waals surface area contributed by atoms with Crippen LogP contribution < -0.4 is 23.7 Å². The summed E-state index contributed by atoms with van der Waals surface area (Å²) in [5.74, 6) is 1.61. The molecular weight excluding hydrogens is 376 g/mol. The number of carbonyl (C=O) groups is 1. The third-order valence-electron chi connectivity index (χ3n) is 4.65. The van der Waals surface area contributed by atoms with E-state index in [9.17, 15) is 9.90 Å². The SMILES string of the molecule is COc1cc(OC)c(/C=C/C(=O)c2c(O)c(C)c(OC)c(C)c2OC)c(OC)c1. The molecule has 0 spiro atoms. The van der Waals surface area contributed by atoms with Gasteiger partial charge in [-0.1, -0.05) is 0 Å². The fourth-order valence-corrected chi connectivity index (χ4v) is 3.20. The maximum Gasteiger partial charge on any atom is 0.193 e. The number of phenolic OH excluding ortho intramolecular Hbond substituents is 1. The molecule has 0 aliphatic heterocycles. The lowest BCUT2D eigenvalue weighted by Gasteiger charge is -2.18. The van der Waals surface area contributed by atoms with Crippen LogP contribution in [-0.4, -0.2) is 46.4 Å². The molecule has 2 aromatic carbocycles. The second kappa shape index (κ2) is 9.23. The fourth-order valence-electron chi connectivity index (χ4n) is 3.20. The van der Waals surface area contributed by atoms with E-state index in [0.29, 0.717) is 39.7 Å². The number of phenols is 1. The van der Waals surface area contributed by atoms with E-state index in [1.165, 1.54) is 41.6 Å². The highest BCUT2D eigenvalue weighted by molar-refractivity contribution is 6.11. The number of hydrogen-bond donors (Lipinski definition) is 1. The van der Waals surface area contributed by atoms with Crippen molar-refractivity contribution >= 4 is 11.9 Å². The van der Waals surface area contributed by atoms with Crippen molar-refractivity contribution in [2.24, 2.45) is 0 Å². The number of hydrogen-bond acceptors (Lipinski definition) is 7. The van der Waals surface area contributed by atoms with Crippen LogP contribution in [0.3, 0.4) is 0 Å². The number of allylic oxidation sites excluding steroid dienone is 1. The summed E-state index contributed by atoms with van der Waals surface area (Å²) in [7, 11) is 7.50. The Balaban J connectivity index is 2.58. The van der Waals surface area contributed by atoms with Crippen molar-refractivity contribution in [2.75, 3.05) is 35.5 Å². The summed E-state index contributed by atoms with van der Waals surface area (Å²) in [6.07, 6.45) is 2.89. The van der Waals surface area contributed by atoms with E-state index in [-0.39, 0.29) is 17.1 Å². The van der Waals surface area contributed by atoms with Gasteiger partial charge in [0.2, 0.25) is 0 Å². The van der Waals surface area contributed by atoms with Gasteiger partial charge in [-0.25, -0.2) is 0 Å². The molecule has 0 unspecified atom stereocenters. The average molecular weight is 402 g/mol. The molecule has 0 radical (unpaired) electrons. The molecular formula is C22H26O7. The van der Waals surface area contributed by atoms with E-state index in [1.807, 2.05) is 0 Å². The van der Waals surface area contributed by atoms with Crippen LogP contribution in [0.2, 0.25) is 0 Å². The van der Waals surface area contributed by atoms with Crippen LogP contribution in [0, 0.1) is 13.8 Å². The van der Waals surface area contributed by atoms with E-state index in [0.717, 1.165) is 0 Å². The van der Waals surface area contributed by atoms with Gasteiger partial charge in [-0.15, -0.1) is 0 Å². The summed E-state index contributed by atoms with van der Waals surface area (Å²) in [5, 5.41) is 10.6. The van der Waals surface area contributed by atoms with Gasteiger partial charge < -0.3 is 28.8 Å². The minimum absolute atomic E-state index is 0.0611. The molecule has 2 aromatic rings. The quantitative estimate of drug-likeness (QED) is 0.529. The van der Waals surface area contributed by atoms with Crippen LogP contribution in [0.15, 0.2) is 18.2 Å². The summed E-state index contributed by atoms with van der Waals surface area (Å²) < 4.78 is 26.7. The molecule has 2 rings (SSSR count). The third-order valence-corrected chi connectivity index (χ3v) is 4.65. The van der Waals surface area contributed by atoms with Crippen molar-refractivity contribution in [1.29, 1.82) is 0 Å². The molecule has 7 nitrogen and oxygen atoms in total. The molecule has 0 aromatic heterocycles. The molecule has 0 bridgehead atoms. The largest absolute Gasteiger partial charge is 0.507 e. The number of aromatic hydroxyl groups is 1. The normalized spacial score (nSPS) is 10.7. The summed E-state index contributed by atoms with van der Waals surface area (Å²) in [6, 6.07) is 3.37. The molecule has 0 saturated carbocycles. The van der Waals surface area contributed by atoms with Crippen molar-refractivity contribution in [2.45, 2.75) is 13.8 Å². The van der Waals surface area contributed by atoms with Crippen molar-refractivity contribution in [3.05, 3.63) is 40.5 Å². The van der Waals surface area contributed by atoms with Crippen LogP contribution in [0.1, 0.15) is 27.0 Å². The van der Waals surface area contributed by atoms with E-state index in [4.69, 9.17) is 23.7 Å². The van der Waals surface area contributed by atoms with Gasteiger partial charge in [0.15, 0.2) is 5.78 Å². The lowest BCUT2D eigenvalue weighted by atomic mass is 9.98. The maximum absolute atomic E-state index is 13.0. The first-order valence-electron chi connectivity index (χ1n) is 8.80. The first-order chi connectivity index (χ1) is 13.8. The topological polar surface area (TPSA) is 83.5 Å². The average Bonchev–Trinajstić information content (AvgIpc) is 2.73. The first kappa shape index (κ1) is 21.9. The molecule has 7 heteroatoms. The Labute approximate surface area is 170 Å². The zero-order valence-corrected chi connectivity index (χ0v) is 17.7.